The number of fused-ring (bicyclic) bond motifs is 1. The zero-order valence-corrected chi connectivity index (χ0v) is 25.6. The van der Waals surface area contributed by atoms with Crippen LogP contribution in [-0.4, -0.2) is 49.3 Å². The van der Waals surface area contributed by atoms with E-state index < -0.39 is 12.1 Å². The van der Waals surface area contributed by atoms with Gasteiger partial charge in [0.15, 0.2) is 23.4 Å². The maximum atomic E-state index is 13.8. The number of halogens is 1. The highest BCUT2D eigenvalue weighted by molar-refractivity contribution is 9.10. The van der Waals surface area contributed by atoms with Crippen LogP contribution in [0.4, 0.5) is 0 Å². The smallest absolute Gasteiger partial charge is 0.346 e. The highest BCUT2D eigenvalue weighted by Gasteiger charge is 2.22. The number of hydrogen-bond acceptors (Lipinski definition) is 8. The van der Waals surface area contributed by atoms with Gasteiger partial charge in [0.1, 0.15) is 5.75 Å². The van der Waals surface area contributed by atoms with E-state index >= 15 is 0 Å². The Morgan fingerprint density at radius 3 is 2.39 bits per heavy atom. The normalized spacial score (nSPS) is 12.1. The maximum absolute atomic E-state index is 13.8. The van der Waals surface area contributed by atoms with Gasteiger partial charge < -0.3 is 18.9 Å². The van der Waals surface area contributed by atoms with Crippen molar-refractivity contribution in [2.45, 2.75) is 39.7 Å². The first kappa shape index (κ1) is 29.8. The van der Waals surface area contributed by atoms with Crippen LogP contribution in [0.15, 0.2) is 62.9 Å². The van der Waals surface area contributed by atoms with Crippen molar-refractivity contribution >= 4 is 39.0 Å². The molecular formula is C31H32BrN3O6. The van der Waals surface area contributed by atoms with Crippen molar-refractivity contribution in [3.05, 3.63) is 80.0 Å². The van der Waals surface area contributed by atoms with Crippen molar-refractivity contribution in [2.24, 2.45) is 5.10 Å². The van der Waals surface area contributed by atoms with Gasteiger partial charge in [-0.05, 0) is 67.3 Å². The van der Waals surface area contributed by atoms with Gasteiger partial charge in [0.2, 0.25) is 0 Å². The van der Waals surface area contributed by atoms with Crippen LogP contribution in [0.3, 0.4) is 0 Å². The van der Waals surface area contributed by atoms with E-state index in [1.165, 1.54) is 25.1 Å². The van der Waals surface area contributed by atoms with Gasteiger partial charge in [0, 0.05) is 15.6 Å². The van der Waals surface area contributed by atoms with E-state index in [-0.39, 0.29) is 17.2 Å². The topological polar surface area (TPSA) is 101 Å². The molecule has 10 heteroatoms. The molecule has 9 nitrogen and oxygen atoms in total. The molecule has 0 spiro atoms. The second-order valence-electron chi connectivity index (χ2n) is 9.69. The summed E-state index contributed by atoms with van der Waals surface area (Å²) in [5, 5.41) is 5.05. The van der Waals surface area contributed by atoms with Crippen molar-refractivity contribution in [3.63, 3.8) is 0 Å². The fourth-order valence-corrected chi connectivity index (χ4v) is 4.90. The number of nitrogens with zero attached hydrogens (tertiary/aromatic N) is 3. The van der Waals surface area contributed by atoms with Gasteiger partial charge in [-0.2, -0.15) is 9.78 Å². The van der Waals surface area contributed by atoms with E-state index in [4.69, 9.17) is 23.9 Å². The van der Waals surface area contributed by atoms with Crippen molar-refractivity contribution in [3.8, 4) is 28.6 Å². The van der Waals surface area contributed by atoms with Gasteiger partial charge in [0.25, 0.3) is 5.56 Å². The average molecular weight is 623 g/mol. The molecule has 214 valence electrons. The summed E-state index contributed by atoms with van der Waals surface area (Å²) in [6.07, 6.45) is 0.565. The van der Waals surface area contributed by atoms with Crippen LogP contribution in [-0.2, 0) is 9.53 Å². The Kier molecular flexibility index (Phi) is 9.12. The van der Waals surface area contributed by atoms with E-state index in [0.29, 0.717) is 32.5 Å². The summed E-state index contributed by atoms with van der Waals surface area (Å²) in [4.78, 5) is 30.8. The summed E-state index contributed by atoms with van der Waals surface area (Å²) in [6, 6.07) is 14.5. The third kappa shape index (κ3) is 6.12. The Morgan fingerprint density at radius 1 is 1.02 bits per heavy atom. The molecule has 0 N–H and O–H groups in total. The number of ether oxygens (including phenoxy) is 4. The van der Waals surface area contributed by atoms with Crippen molar-refractivity contribution in [2.75, 3.05) is 21.3 Å². The van der Waals surface area contributed by atoms with Gasteiger partial charge in [-0.25, -0.2) is 9.78 Å². The second kappa shape index (κ2) is 12.6. The molecule has 0 aliphatic heterocycles. The van der Waals surface area contributed by atoms with Crippen LogP contribution < -0.4 is 19.8 Å². The number of carbonyl (C=O) groups is 1. The number of rotatable bonds is 9. The summed E-state index contributed by atoms with van der Waals surface area (Å²) in [5.74, 6) is 1.39. The molecule has 3 aromatic carbocycles. The maximum Gasteiger partial charge on any atom is 0.346 e. The molecule has 0 aliphatic rings. The molecule has 0 aliphatic carbocycles. The lowest BCUT2D eigenvalue weighted by Gasteiger charge is -2.18. The fourth-order valence-electron chi connectivity index (χ4n) is 4.45. The quantitative estimate of drug-likeness (QED) is 0.164. The van der Waals surface area contributed by atoms with Crippen LogP contribution in [0, 0.1) is 6.92 Å². The summed E-state index contributed by atoms with van der Waals surface area (Å²) >= 11 is 3.48. The van der Waals surface area contributed by atoms with Gasteiger partial charge in [-0.15, -0.1) is 0 Å². The largest absolute Gasteiger partial charge is 0.496 e. The highest BCUT2D eigenvalue weighted by Crippen LogP contribution is 2.36. The molecule has 41 heavy (non-hydrogen) atoms. The number of aromatic nitrogens is 2. The first-order chi connectivity index (χ1) is 19.6. The monoisotopic (exact) mass is 621 g/mol. The van der Waals surface area contributed by atoms with Crippen LogP contribution >= 0.6 is 15.9 Å². The number of methoxy groups -OCH3 is 3. The summed E-state index contributed by atoms with van der Waals surface area (Å²) in [5.41, 5.74) is 3.29. The van der Waals surface area contributed by atoms with Gasteiger partial charge in [-0.3, -0.25) is 4.79 Å². The highest BCUT2D eigenvalue weighted by atomic mass is 79.9. The van der Waals surface area contributed by atoms with E-state index in [1.54, 1.807) is 44.4 Å². The summed E-state index contributed by atoms with van der Waals surface area (Å²) < 4.78 is 23.9. The second-order valence-corrected chi connectivity index (χ2v) is 10.6. The Morgan fingerprint density at radius 2 is 1.73 bits per heavy atom. The number of benzene rings is 3. The molecule has 1 aromatic heterocycles. The number of para-hydroxylation sites is 1. The minimum absolute atomic E-state index is 0.166. The molecule has 0 fully saturated rings. The van der Waals surface area contributed by atoms with E-state index in [9.17, 15) is 9.59 Å². The molecule has 0 bridgehead atoms. The minimum Gasteiger partial charge on any atom is -0.496 e. The van der Waals surface area contributed by atoms with E-state index in [0.717, 1.165) is 22.4 Å². The van der Waals surface area contributed by atoms with Gasteiger partial charge in [0.05, 0.1) is 38.4 Å². The Balaban J connectivity index is 1.97. The van der Waals surface area contributed by atoms with Crippen molar-refractivity contribution in [1.29, 1.82) is 0 Å². The zero-order chi connectivity index (χ0) is 29.8. The molecule has 4 aromatic rings. The Bertz CT molecular complexity index is 1700. The molecule has 0 saturated heterocycles. The molecule has 1 atom stereocenters. The predicted molar refractivity (Wildman–Crippen MR) is 163 cm³/mol. The summed E-state index contributed by atoms with van der Waals surface area (Å²) in [7, 11) is 4.42. The fraction of sp³-hybridized carbons (Fsp3) is 0.290. The molecule has 4 rings (SSSR count). The molecule has 0 amide bonds. The van der Waals surface area contributed by atoms with E-state index in [2.05, 4.69) is 34.9 Å². The van der Waals surface area contributed by atoms with Crippen LogP contribution in [0.1, 0.15) is 43.4 Å². The van der Waals surface area contributed by atoms with Crippen LogP contribution in [0.5, 0.6) is 17.2 Å². The number of esters is 1. The molecule has 1 heterocycles. The lowest BCUT2D eigenvalue weighted by molar-refractivity contribution is -0.147. The predicted octanol–water partition coefficient (Wildman–Crippen LogP) is 6.10. The van der Waals surface area contributed by atoms with Gasteiger partial charge in [-0.1, -0.05) is 41.9 Å². The third-order valence-electron chi connectivity index (χ3n) is 6.60. The van der Waals surface area contributed by atoms with Crippen LogP contribution in [0.25, 0.3) is 22.3 Å². The lowest BCUT2D eigenvalue weighted by atomic mass is 9.96. The minimum atomic E-state index is -0.917. The first-order valence-electron chi connectivity index (χ1n) is 13.0. The molecule has 0 saturated carbocycles. The molecule has 0 radical (unpaired) electrons. The average Bonchev–Trinajstić information content (AvgIpc) is 2.96. The third-order valence-corrected chi connectivity index (χ3v) is 7.06. The lowest BCUT2D eigenvalue weighted by Crippen LogP contribution is -2.25. The molecular weight excluding hydrogens is 590 g/mol. The zero-order valence-electron chi connectivity index (χ0n) is 24.0. The molecule has 0 unspecified atom stereocenters. The summed E-state index contributed by atoms with van der Waals surface area (Å²) in [6.45, 7) is 7.67. The Labute approximate surface area is 246 Å². The van der Waals surface area contributed by atoms with Crippen LogP contribution in [0.2, 0.25) is 0 Å². The van der Waals surface area contributed by atoms with Crippen molar-refractivity contribution < 1.29 is 23.7 Å². The Hall–Kier alpha value is -4.18. The van der Waals surface area contributed by atoms with Gasteiger partial charge >= 0.3 is 5.97 Å². The first-order valence-corrected chi connectivity index (χ1v) is 13.8. The SMILES string of the molecule is COC(=O)[C@H](C)Oc1c(C=Nn2c(-c3cc(C(C)C)c(OC)cc3C)nc3ccccc3c2=O)cc(Br)cc1OC. The number of carbonyl (C=O) groups excluding carboxylic acids is 1. The standard InChI is InChI=1S/C31H32BrN3O6/c1-17(2)23-15-24(18(3)12-26(23)38-5)29-34-25-11-9-8-10-22(25)30(36)35(29)33-16-20-13-21(32)14-27(39-6)28(20)41-19(4)31(37)40-7/h8-17,19H,1-7H3/t19-/m0/s1. The number of aryl methyl sites for hydroxylation is 1. The van der Waals surface area contributed by atoms with Crippen molar-refractivity contribution in [1.82, 2.24) is 9.66 Å². The van der Waals surface area contributed by atoms with E-state index in [1.807, 2.05) is 25.1 Å². The number of hydrogen-bond donors (Lipinski definition) is 0.